The summed E-state index contributed by atoms with van der Waals surface area (Å²) in [6.07, 6.45) is -4.45. The number of rotatable bonds is 7. The van der Waals surface area contributed by atoms with Crippen LogP contribution in [0.15, 0.2) is 23.5 Å². The number of aliphatic hydroxyl groups is 4. The van der Waals surface area contributed by atoms with Crippen molar-refractivity contribution >= 4 is 5.69 Å². The summed E-state index contributed by atoms with van der Waals surface area (Å²) in [7, 11) is 0. The van der Waals surface area contributed by atoms with Crippen LogP contribution in [-0.4, -0.2) is 51.9 Å². The van der Waals surface area contributed by atoms with Crippen molar-refractivity contribution in [1.82, 2.24) is 0 Å². The van der Waals surface area contributed by atoms with E-state index in [0.717, 1.165) is 16.1 Å². The van der Waals surface area contributed by atoms with Crippen LogP contribution >= 0.6 is 0 Å². The van der Waals surface area contributed by atoms with Crippen molar-refractivity contribution in [2.75, 3.05) is 18.2 Å². The van der Waals surface area contributed by atoms with E-state index < -0.39 is 24.9 Å². The Hall–Kier alpha value is -1.54. The van der Waals surface area contributed by atoms with Crippen LogP contribution in [-0.2, 0) is 0 Å². The Labute approximate surface area is 117 Å². The van der Waals surface area contributed by atoms with E-state index in [0.29, 0.717) is 5.69 Å². The minimum atomic E-state index is -1.56. The van der Waals surface area contributed by atoms with Gasteiger partial charge in [-0.05, 0) is 37.1 Å². The molecule has 112 valence electrons. The third kappa shape index (κ3) is 3.97. The van der Waals surface area contributed by atoms with E-state index in [1.54, 1.807) is 12.1 Å². The number of benzene rings is 1. The van der Waals surface area contributed by atoms with Gasteiger partial charge in [0.25, 0.3) is 0 Å². The first-order valence-electron chi connectivity index (χ1n) is 6.23. The van der Waals surface area contributed by atoms with Gasteiger partial charge in [-0.1, -0.05) is 6.07 Å². The molecule has 0 saturated heterocycles. The average Bonchev–Trinajstić information content (AvgIpc) is 2.45. The first-order chi connectivity index (χ1) is 9.40. The molecule has 1 aromatic rings. The van der Waals surface area contributed by atoms with Crippen LogP contribution in [0.3, 0.4) is 0 Å². The van der Waals surface area contributed by atoms with Crippen molar-refractivity contribution in [3.05, 3.63) is 34.2 Å². The highest BCUT2D eigenvalue weighted by Gasteiger charge is 2.26. The van der Waals surface area contributed by atoms with Gasteiger partial charge in [0.2, 0.25) is 0 Å². The highest BCUT2D eigenvalue weighted by Crippen LogP contribution is 2.20. The summed E-state index contributed by atoms with van der Waals surface area (Å²) in [5, 5.41) is 41.0. The standard InChI is InChI=1S/C13H20N2O5/c1-8-3-4-10(5-9(8)2)15(14-20)6-11(17)13(19)12(18)7-16/h3-5,11-13,16-19H,6-7H2,1-2H3. The zero-order valence-electron chi connectivity index (χ0n) is 11.5. The number of nitrogens with zero attached hydrogens (tertiary/aromatic N) is 2. The number of aryl methyl sites for hydroxylation is 2. The van der Waals surface area contributed by atoms with Gasteiger partial charge in [-0.25, -0.2) is 5.01 Å². The van der Waals surface area contributed by atoms with Gasteiger partial charge in [-0.3, -0.25) is 0 Å². The highest BCUT2D eigenvalue weighted by atomic mass is 16.4. The molecule has 1 rings (SSSR count). The largest absolute Gasteiger partial charge is 0.394 e. The van der Waals surface area contributed by atoms with Crippen molar-refractivity contribution in [1.29, 1.82) is 0 Å². The van der Waals surface area contributed by atoms with Crippen LogP contribution in [0.25, 0.3) is 0 Å². The van der Waals surface area contributed by atoms with Gasteiger partial charge in [0.15, 0.2) is 0 Å². The molecular weight excluding hydrogens is 264 g/mol. The Morgan fingerprint density at radius 3 is 2.30 bits per heavy atom. The first-order valence-corrected chi connectivity index (χ1v) is 6.23. The number of nitroso groups, excluding NO2 is 1. The van der Waals surface area contributed by atoms with Gasteiger partial charge >= 0.3 is 0 Å². The highest BCUT2D eigenvalue weighted by molar-refractivity contribution is 5.50. The summed E-state index contributed by atoms with van der Waals surface area (Å²) in [6.45, 7) is 2.83. The summed E-state index contributed by atoms with van der Waals surface area (Å²) >= 11 is 0. The molecule has 0 spiro atoms. The van der Waals surface area contributed by atoms with Crippen molar-refractivity contribution in [2.45, 2.75) is 32.2 Å². The molecule has 0 fully saturated rings. The minimum Gasteiger partial charge on any atom is -0.394 e. The predicted molar refractivity (Wildman–Crippen MR) is 74.2 cm³/mol. The quantitative estimate of drug-likeness (QED) is 0.409. The monoisotopic (exact) mass is 284 g/mol. The molecule has 0 bridgehead atoms. The molecule has 3 unspecified atom stereocenters. The van der Waals surface area contributed by atoms with Crippen LogP contribution in [0.1, 0.15) is 11.1 Å². The molecule has 0 radical (unpaired) electrons. The van der Waals surface area contributed by atoms with Crippen LogP contribution in [0.5, 0.6) is 0 Å². The Morgan fingerprint density at radius 1 is 1.15 bits per heavy atom. The Bertz CT molecular complexity index is 454. The number of hydrogen-bond acceptors (Lipinski definition) is 6. The molecule has 3 atom stereocenters. The van der Waals surface area contributed by atoms with E-state index in [-0.39, 0.29) is 6.54 Å². The lowest BCUT2D eigenvalue weighted by Crippen LogP contribution is -2.44. The average molecular weight is 284 g/mol. The molecule has 0 aliphatic rings. The molecule has 0 aliphatic heterocycles. The lowest BCUT2D eigenvalue weighted by molar-refractivity contribution is -0.0731. The molecule has 0 saturated carbocycles. The second-order valence-electron chi connectivity index (χ2n) is 4.74. The van der Waals surface area contributed by atoms with E-state index in [1.165, 1.54) is 0 Å². The number of hydrogen-bond donors (Lipinski definition) is 4. The predicted octanol–water partition coefficient (Wildman–Crippen LogP) is -0.134. The Kier molecular flexibility index (Phi) is 6.03. The summed E-state index contributed by atoms with van der Waals surface area (Å²) < 4.78 is 0. The molecule has 0 amide bonds. The zero-order valence-corrected chi connectivity index (χ0v) is 11.5. The lowest BCUT2D eigenvalue weighted by atomic mass is 10.1. The van der Waals surface area contributed by atoms with Crippen molar-refractivity contribution < 1.29 is 20.4 Å². The lowest BCUT2D eigenvalue weighted by Gasteiger charge is -2.25. The molecule has 1 aromatic carbocycles. The van der Waals surface area contributed by atoms with Crippen LogP contribution in [0.4, 0.5) is 5.69 Å². The smallest absolute Gasteiger partial charge is 0.110 e. The fourth-order valence-corrected chi connectivity index (χ4v) is 1.72. The molecule has 0 heterocycles. The van der Waals surface area contributed by atoms with Crippen LogP contribution in [0, 0.1) is 18.8 Å². The molecule has 20 heavy (non-hydrogen) atoms. The van der Waals surface area contributed by atoms with E-state index in [2.05, 4.69) is 5.29 Å². The Balaban J connectivity index is 2.81. The van der Waals surface area contributed by atoms with Crippen molar-refractivity contribution in [2.24, 2.45) is 5.29 Å². The molecule has 0 aromatic heterocycles. The molecule has 0 aliphatic carbocycles. The summed E-state index contributed by atoms with van der Waals surface area (Å²) in [4.78, 5) is 10.9. The summed E-state index contributed by atoms with van der Waals surface area (Å²) in [5.41, 5.74) is 2.49. The normalized spacial score (nSPS) is 15.5. The van der Waals surface area contributed by atoms with Gasteiger partial charge in [0, 0.05) is 0 Å². The van der Waals surface area contributed by atoms with Gasteiger partial charge in [-0.15, -0.1) is 4.91 Å². The second-order valence-corrected chi connectivity index (χ2v) is 4.74. The minimum absolute atomic E-state index is 0.287. The summed E-state index contributed by atoms with van der Waals surface area (Å²) in [5.74, 6) is 0. The Morgan fingerprint density at radius 2 is 1.80 bits per heavy atom. The topological polar surface area (TPSA) is 114 Å². The van der Waals surface area contributed by atoms with Crippen molar-refractivity contribution in [3.63, 3.8) is 0 Å². The van der Waals surface area contributed by atoms with E-state index in [4.69, 9.17) is 5.11 Å². The summed E-state index contributed by atoms with van der Waals surface area (Å²) in [6, 6.07) is 5.22. The van der Waals surface area contributed by atoms with Gasteiger partial charge in [0.05, 0.1) is 24.1 Å². The fourth-order valence-electron chi connectivity index (χ4n) is 1.72. The molecule has 4 N–H and O–H groups in total. The third-order valence-corrected chi connectivity index (χ3v) is 3.22. The number of aliphatic hydroxyl groups excluding tert-OH is 4. The SMILES string of the molecule is Cc1ccc(N(CC(O)C(O)C(O)CO)N=O)cc1C. The first kappa shape index (κ1) is 16.5. The molecule has 7 nitrogen and oxygen atoms in total. The van der Waals surface area contributed by atoms with E-state index in [9.17, 15) is 20.2 Å². The second kappa shape index (κ2) is 7.30. The van der Waals surface area contributed by atoms with Gasteiger partial charge in [-0.2, -0.15) is 0 Å². The van der Waals surface area contributed by atoms with Gasteiger partial charge in [0.1, 0.15) is 18.3 Å². The third-order valence-electron chi connectivity index (χ3n) is 3.22. The van der Waals surface area contributed by atoms with Crippen molar-refractivity contribution in [3.8, 4) is 0 Å². The maximum absolute atomic E-state index is 10.9. The fraction of sp³-hybridized carbons (Fsp3) is 0.538. The maximum Gasteiger partial charge on any atom is 0.110 e. The molecule has 7 heteroatoms. The maximum atomic E-state index is 10.9. The van der Waals surface area contributed by atoms with E-state index in [1.807, 2.05) is 19.9 Å². The van der Waals surface area contributed by atoms with Gasteiger partial charge < -0.3 is 20.4 Å². The molecular formula is C13H20N2O5. The van der Waals surface area contributed by atoms with E-state index >= 15 is 0 Å². The van der Waals surface area contributed by atoms with Crippen LogP contribution < -0.4 is 5.01 Å². The number of anilines is 1. The van der Waals surface area contributed by atoms with Crippen LogP contribution in [0.2, 0.25) is 0 Å². The zero-order chi connectivity index (χ0) is 15.3.